The van der Waals surface area contributed by atoms with Crippen LogP contribution in [0.15, 0.2) is 24.3 Å². The highest BCUT2D eigenvalue weighted by molar-refractivity contribution is 5.93. The lowest BCUT2D eigenvalue weighted by Gasteiger charge is -2.20. The first-order valence-corrected chi connectivity index (χ1v) is 7.31. The molecule has 10 nitrogen and oxygen atoms in total. The second-order valence-corrected chi connectivity index (χ2v) is 5.26. The van der Waals surface area contributed by atoms with Gasteiger partial charge in [-0.15, -0.1) is 0 Å². The van der Waals surface area contributed by atoms with E-state index in [0.29, 0.717) is 5.56 Å². The van der Waals surface area contributed by atoms with Crippen molar-refractivity contribution < 1.29 is 29.4 Å². The molecule has 0 saturated carbocycles. The van der Waals surface area contributed by atoms with Crippen LogP contribution in [0.1, 0.15) is 12.0 Å². The average molecular weight is 352 g/mol. The van der Waals surface area contributed by atoms with Crippen LogP contribution in [0.4, 0.5) is 0 Å². The molecule has 25 heavy (non-hydrogen) atoms. The molecule has 3 amide bonds. The third-order valence-corrected chi connectivity index (χ3v) is 3.23. The molecule has 10 heteroatoms. The Bertz CT molecular complexity index is 646. The van der Waals surface area contributed by atoms with Crippen molar-refractivity contribution in [2.45, 2.75) is 24.9 Å². The van der Waals surface area contributed by atoms with E-state index in [0.717, 1.165) is 0 Å². The lowest BCUT2D eigenvalue weighted by Crippen LogP contribution is -2.54. The number of hydrogen-bond donors (Lipinski definition) is 6. The molecule has 1 rings (SSSR count). The van der Waals surface area contributed by atoms with Gasteiger partial charge in [-0.05, 0) is 17.7 Å². The van der Waals surface area contributed by atoms with Crippen molar-refractivity contribution in [2.75, 3.05) is 6.54 Å². The van der Waals surface area contributed by atoms with Crippen molar-refractivity contribution in [3.63, 3.8) is 0 Å². The summed E-state index contributed by atoms with van der Waals surface area (Å²) in [4.78, 5) is 46.0. The van der Waals surface area contributed by atoms with Gasteiger partial charge in [-0.3, -0.25) is 14.4 Å². The van der Waals surface area contributed by atoms with Gasteiger partial charge in [-0.1, -0.05) is 12.1 Å². The van der Waals surface area contributed by atoms with Gasteiger partial charge in [-0.25, -0.2) is 4.79 Å². The molecule has 0 fully saturated rings. The highest BCUT2D eigenvalue weighted by Crippen LogP contribution is 2.11. The summed E-state index contributed by atoms with van der Waals surface area (Å²) in [6.45, 7) is -0.404. The second-order valence-electron chi connectivity index (χ2n) is 5.26. The summed E-state index contributed by atoms with van der Waals surface area (Å²) >= 11 is 0. The van der Waals surface area contributed by atoms with Crippen LogP contribution in [0.3, 0.4) is 0 Å². The topological polar surface area (TPSA) is 185 Å². The predicted molar refractivity (Wildman–Crippen MR) is 86.2 cm³/mol. The van der Waals surface area contributed by atoms with Gasteiger partial charge in [0, 0.05) is 6.42 Å². The third-order valence-electron chi connectivity index (χ3n) is 3.23. The van der Waals surface area contributed by atoms with Gasteiger partial charge in [0.15, 0.2) is 0 Å². The molecule has 0 aliphatic carbocycles. The molecule has 1 aromatic rings. The molecule has 0 radical (unpaired) electrons. The predicted octanol–water partition coefficient (Wildman–Crippen LogP) is -2.18. The van der Waals surface area contributed by atoms with Crippen molar-refractivity contribution in [3.05, 3.63) is 29.8 Å². The van der Waals surface area contributed by atoms with Gasteiger partial charge in [0.25, 0.3) is 0 Å². The van der Waals surface area contributed by atoms with Crippen molar-refractivity contribution in [1.29, 1.82) is 0 Å². The van der Waals surface area contributed by atoms with Gasteiger partial charge in [0.2, 0.25) is 17.7 Å². The number of primary amides is 1. The first-order chi connectivity index (χ1) is 11.7. The number of carbonyl (C=O) groups excluding carboxylic acids is 3. The summed E-state index contributed by atoms with van der Waals surface area (Å²) in [6.07, 6.45) is -0.557. The minimum absolute atomic E-state index is 0.0191. The molecule has 0 aliphatic heterocycles. The summed E-state index contributed by atoms with van der Waals surface area (Å²) < 4.78 is 0. The maximum Gasteiger partial charge on any atom is 0.326 e. The number of carboxylic acids is 1. The van der Waals surface area contributed by atoms with Crippen molar-refractivity contribution in [1.82, 2.24) is 10.6 Å². The van der Waals surface area contributed by atoms with Crippen molar-refractivity contribution >= 4 is 23.7 Å². The Balaban J connectivity index is 2.83. The zero-order chi connectivity index (χ0) is 19.0. The maximum absolute atomic E-state index is 12.2. The Hall–Kier alpha value is -3.14. The number of benzene rings is 1. The minimum Gasteiger partial charge on any atom is -0.508 e. The van der Waals surface area contributed by atoms with Crippen molar-refractivity contribution in [3.8, 4) is 5.75 Å². The van der Waals surface area contributed by atoms with Crippen LogP contribution < -0.4 is 22.1 Å². The van der Waals surface area contributed by atoms with Gasteiger partial charge in [0.1, 0.15) is 17.8 Å². The second kappa shape index (κ2) is 9.23. The Morgan fingerprint density at radius 3 is 2.12 bits per heavy atom. The van der Waals surface area contributed by atoms with Gasteiger partial charge < -0.3 is 32.3 Å². The quantitative estimate of drug-likeness (QED) is 0.292. The summed E-state index contributed by atoms with van der Waals surface area (Å²) in [5, 5.41) is 23.0. The number of nitrogens with one attached hydrogen (secondary N) is 2. The number of nitrogens with two attached hydrogens (primary N) is 2. The van der Waals surface area contributed by atoms with E-state index in [4.69, 9.17) is 11.5 Å². The number of phenolic OH excluding ortho intramolecular Hbond substituents is 1. The maximum atomic E-state index is 12.2. The molecule has 0 heterocycles. The number of aliphatic carboxylic acids is 1. The largest absolute Gasteiger partial charge is 0.508 e. The molecule has 0 aliphatic rings. The molecule has 1 aromatic carbocycles. The molecule has 0 aromatic heterocycles. The van der Waals surface area contributed by atoms with Gasteiger partial charge >= 0.3 is 5.97 Å². The average Bonchev–Trinajstić information content (AvgIpc) is 2.54. The zero-order valence-corrected chi connectivity index (χ0v) is 13.3. The van der Waals surface area contributed by atoms with E-state index in [1.807, 2.05) is 0 Å². The SMILES string of the molecule is NCC(=O)NC(CC(N)=O)C(=O)NC(Cc1ccc(O)cc1)C(=O)O. The number of carboxylic acid groups (broad SMARTS) is 1. The molecule has 2 unspecified atom stereocenters. The molecule has 0 bridgehead atoms. The van der Waals surface area contributed by atoms with Crippen LogP contribution in [0, 0.1) is 0 Å². The van der Waals surface area contributed by atoms with Gasteiger partial charge in [0.05, 0.1) is 13.0 Å². The number of rotatable bonds is 9. The van der Waals surface area contributed by atoms with E-state index in [2.05, 4.69) is 10.6 Å². The van der Waals surface area contributed by atoms with E-state index in [9.17, 15) is 29.4 Å². The first kappa shape index (κ1) is 19.9. The fraction of sp³-hybridized carbons (Fsp3) is 0.333. The molecule has 0 spiro atoms. The molecule has 2 atom stereocenters. The van der Waals surface area contributed by atoms with Crippen LogP contribution in [-0.4, -0.2) is 52.5 Å². The fourth-order valence-electron chi connectivity index (χ4n) is 2.00. The Kier molecular flexibility index (Phi) is 7.35. The van der Waals surface area contributed by atoms with E-state index in [-0.39, 0.29) is 12.2 Å². The summed E-state index contributed by atoms with van der Waals surface area (Å²) in [7, 11) is 0. The normalized spacial score (nSPS) is 12.7. The summed E-state index contributed by atoms with van der Waals surface area (Å²) in [5.74, 6) is -3.68. The lowest BCUT2D eigenvalue weighted by atomic mass is 10.0. The van der Waals surface area contributed by atoms with Crippen LogP contribution in [0.25, 0.3) is 0 Å². The molecule has 136 valence electrons. The highest BCUT2D eigenvalue weighted by atomic mass is 16.4. The Morgan fingerprint density at radius 1 is 1.04 bits per heavy atom. The fourth-order valence-corrected chi connectivity index (χ4v) is 2.00. The standard InChI is InChI=1S/C15H20N4O6/c16-7-13(22)18-10(6-12(17)21)14(23)19-11(15(24)25)5-8-1-3-9(20)4-2-8/h1-4,10-11,20H,5-7,16H2,(H2,17,21)(H,18,22)(H,19,23)(H,24,25). The number of amides is 3. The smallest absolute Gasteiger partial charge is 0.326 e. The van der Waals surface area contributed by atoms with Crippen molar-refractivity contribution in [2.24, 2.45) is 11.5 Å². The summed E-state index contributed by atoms with van der Waals surface area (Å²) in [5.41, 5.74) is 10.7. The number of aromatic hydroxyl groups is 1. The van der Waals surface area contributed by atoms with E-state index in [1.165, 1.54) is 24.3 Å². The zero-order valence-electron chi connectivity index (χ0n) is 13.3. The summed E-state index contributed by atoms with van der Waals surface area (Å²) in [6, 6.07) is 3.15. The van der Waals surface area contributed by atoms with E-state index < -0.39 is 48.7 Å². The third kappa shape index (κ3) is 6.87. The number of carbonyl (C=O) groups is 4. The van der Waals surface area contributed by atoms with Crippen LogP contribution >= 0.6 is 0 Å². The lowest BCUT2D eigenvalue weighted by molar-refractivity contribution is -0.142. The van der Waals surface area contributed by atoms with E-state index in [1.54, 1.807) is 0 Å². The number of hydrogen-bond acceptors (Lipinski definition) is 6. The molecule has 0 saturated heterocycles. The monoisotopic (exact) mass is 352 g/mol. The highest BCUT2D eigenvalue weighted by Gasteiger charge is 2.27. The van der Waals surface area contributed by atoms with Gasteiger partial charge in [-0.2, -0.15) is 0 Å². The molecular weight excluding hydrogens is 332 g/mol. The first-order valence-electron chi connectivity index (χ1n) is 7.31. The Labute approximate surface area is 143 Å². The molecular formula is C15H20N4O6. The van der Waals surface area contributed by atoms with Crippen LogP contribution in [-0.2, 0) is 25.6 Å². The molecule has 8 N–H and O–H groups in total. The Morgan fingerprint density at radius 2 is 1.64 bits per heavy atom. The van der Waals surface area contributed by atoms with Crippen LogP contribution in [0.5, 0.6) is 5.75 Å². The number of phenols is 1. The minimum atomic E-state index is -1.32. The van der Waals surface area contributed by atoms with E-state index >= 15 is 0 Å². The van der Waals surface area contributed by atoms with Crippen LogP contribution in [0.2, 0.25) is 0 Å².